The Labute approximate surface area is 201 Å². The zero-order valence-corrected chi connectivity index (χ0v) is 20.1. The fourth-order valence-corrected chi connectivity index (χ4v) is 4.94. The molecular weight excluding hydrogens is 450 g/mol. The van der Waals surface area contributed by atoms with E-state index >= 15 is 0 Å². The van der Waals surface area contributed by atoms with Crippen LogP contribution in [0.3, 0.4) is 0 Å². The van der Waals surface area contributed by atoms with Crippen LogP contribution in [0, 0.1) is 0 Å². The van der Waals surface area contributed by atoms with Crippen LogP contribution < -0.4 is 15.1 Å². The van der Waals surface area contributed by atoms with Crippen LogP contribution in [0.15, 0.2) is 57.7 Å². The number of fused-ring (bicyclic) bond motifs is 2. The lowest BCUT2D eigenvalue weighted by molar-refractivity contribution is 0.0970. The van der Waals surface area contributed by atoms with Crippen molar-refractivity contribution in [2.45, 2.75) is 45.6 Å². The average Bonchev–Trinajstić information content (AvgIpc) is 3.43. The van der Waals surface area contributed by atoms with Gasteiger partial charge in [-0.3, -0.25) is 14.5 Å². The molecule has 34 heavy (non-hydrogen) atoms. The minimum Gasteiger partial charge on any atom is -0.494 e. The third-order valence-corrected chi connectivity index (χ3v) is 7.09. The summed E-state index contributed by atoms with van der Waals surface area (Å²) in [6.07, 6.45) is 2.03. The molecule has 0 radical (unpaired) electrons. The number of nitrogens with zero attached hydrogens (tertiary/aromatic N) is 3. The molecule has 0 unspecified atom stereocenters. The standard InChI is InChI=1S/C26H25N3O4S/c1-4-5-14-32-17-12-10-16(11-13-17)21-20-22(30)18-8-6-7-9-19(18)33-23(20)25(31)29(21)26-28-27-24(34-26)15(2)3/h6-13,15,21H,4-5,14H2,1-3H3/t21-/m0/s1. The van der Waals surface area contributed by atoms with Gasteiger partial charge in [-0.2, -0.15) is 0 Å². The number of amides is 1. The highest BCUT2D eigenvalue weighted by Gasteiger charge is 2.45. The second-order valence-electron chi connectivity index (χ2n) is 8.60. The van der Waals surface area contributed by atoms with Crippen LogP contribution in [0.2, 0.25) is 0 Å². The molecule has 0 fully saturated rings. The Morgan fingerprint density at radius 1 is 1.09 bits per heavy atom. The summed E-state index contributed by atoms with van der Waals surface area (Å²) in [7, 11) is 0. The Kier molecular flexibility index (Phi) is 5.91. The number of aromatic nitrogens is 2. The number of para-hydroxylation sites is 1. The highest BCUT2D eigenvalue weighted by molar-refractivity contribution is 7.15. The number of rotatable bonds is 7. The van der Waals surface area contributed by atoms with Crippen molar-refractivity contribution in [3.05, 3.63) is 80.6 Å². The molecule has 174 valence electrons. The monoisotopic (exact) mass is 475 g/mol. The molecule has 0 N–H and O–H groups in total. The second-order valence-corrected chi connectivity index (χ2v) is 9.58. The number of hydrogen-bond donors (Lipinski definition) is 0. The molecule has 0 saturated heterocycles. The molecule has 5 rings (SSSR count). The first-order valence-corrected chi connectivity index (χ1v) is 12.3. The van der Waals surface area contributed by atoms with Gasteiger partial charge in [0.2, 0.25) is 10.9 Å². The van der Waals surface area contributed by atoms with Gasteiger partial charge in [-0.1, -0.05) is 62.8 Å². The lowest BCUT2D eigenvalue weighted by atomic mass is 9.98. The van der Waals surface area contributed by atoms with Crippen LogP contribution in [-0.4, -0.2) is 22.7 Å². The summed E-state index contributed by atoms with van der Waals surface area (Å²) in [4.78, 5) is 28.7. The minimum atomic E-state index is -0.666. The van der Waals surface area contributed by atoms with Crippen molar-refractivity contribution in [2.75, 3.05) is 11.5 Å². The van der Waals surface area contributed by atoms with E-state index in [9.17, 15) is 9.59 Å². The number of unbranched alkanes of at least 4 members (excludes halogenated alkanes) is 1. The van der Waals surface area contributed by atoms with Crippen LogP contribution in [0.1, 0.15) is 72.3 Å². The summed E-state index contributed by atoms with van der Waals surface area (Å²) >= 11 is 1.35. The predicted molar refractivity (Wildman–Crippen MR) is 132 cm³/mol. The van der Waals surface area contributed by atoms with Gasteiger partial charge in [0.05, 0.1) is 23.6 Å². The number of carbonyl (C=O) groups is 1. The van der Waals surface area contributed by atoms with E-state index in [1.807, 2.05) is 38.1 Å². The number of carbonyl (C=O) groups excluding carboxylic acids is 1. The predicted octanol–water partition coefficient (Wildman–Crippen LogP) is 5.70. The molecule has 1 aliphatic heterocycles. The Morgan fingerprint density at radius 2 is 1.85 bits per heavy atom. The Hall–Kier alpha value is -3.52. The molecule has 1 amide bonds. The number of hydrogen-bond acceptors (Lipinski definition) is 7. The number of benzene rings is 2. The van der Waals surface area contributed by atoms with Crippen LogP contribution in [0.4, 0.5) is 5.13 Å². The van der Waals surface area contributed by atoms with Gasteiger partial charge in [-0.15, -0.1) is 10.2 Å². The zero-order chi connectivity index (χ0) is 23.8. The van der Waals surface area contributed by atoms with Gasteiger partial charge in [0, 0.05) is 5.92 Å². The second kappa shape index (κ2) is 9.02. The van der Waals surface area contributed by atoms with Crippen molar-refractivity contribution in [1.29, 1.82) is 0 Å². The summed E-state index contributed by atoms with van der Waals surface area (Å²) < 4.78 is 11.8. The molecular formula is C26H25N3O4S. The lowest BCUT2D eigenvalue weighted by Crippen LogP contribution is -2.29. The fraction of sp³-hybridized carbons (Fsp3) is 0.308. The summed E-state index contributed by atoms with van der Waals surface area (Å²) in [5.41, 5.74) is 1.28. The molecule has 3 heterocycles. The van der Waals surface area contributed by atoms with E-state index < -0.39 is 11.9 Å². The van der Waals surface area contributed by atoms with Crippen LogP contribution in [-0.2, 0) is 0 Å². The van der Waals surface area contributed by atoms with Gasteiger partial charge >= 0.3 is 0 Å². The maximum absolute atomic E-state index is 13.6. The third kappa shape index (κ3) is 3.77. The SMILES string of the molecule is CCCCOc1ccc([C@H]2c3c(oc4ccccc4c3=O)C(=O)N2c2nnc(C(C)C)s2)cc1. The molecule has 7 nitrogen and oxygen atoms in total. The van der Waals surface area contributed by atoms with E-state index in [4.69, 9.17) is 9.15 Å². The minimum absolute atomic E-state index is 0.0540. The van der Waals surface area contributed by atoms with E-state index in [0.717, 1.165) is 29.2 Å². The van der Waals surface area contributed by atoms with Crippen LogP contribution in [0.5, 0.6) is 5.75 Å². The van der Waals surface area contributed by atoms with Gasteiger partial charge in [0.15, 0.2) is 5.43 Å². The van der Waals surface area contributed by atoms with Crippen molar-refractivity contribution in [1.82, 2.24) is 10.2 Å². The number of ether oxygens (including phenoxy) is 1. The van der Waals surface area contributed by atoms with Crippen molar-refractivity contribution in [3.8, 4) is 5.75 Å². The first kappa shape index (κ1) is 22.3. The van der Waals surface area contributed by atoms with E-state index in [0.29, 0.717) is 28.3 Å². The van der Waals surface area contributed by atoms with Crippen molar-refractivity contribution >= 4 is 33.3 Å². The first-order valence-electron chi connectivity index (χ1n) is 11.4. The molecule has 1 aliphatic rings. The van der Waals surface area contributed by atoms with Crippen LogP contribution >= 0.6 is 11.3 Å². The zero-order valence-electron chi connectivity index (χ0n) is 19.3. The Morgan fingerprint density at radius 3 is 2.56 bits per heavy atom. The quantitative estimate of drug-likeness (QED) is 0.319. The summed E-state index contributed by atoms with van der Waals surface area (Å²) in [5.74, 6) is 0.583. The van der Waals surface area contributed by atoms with Crippen LogP contribution in [0.25, 0.3) is 11.0 Å². The fourth-order valence-electron chi connectivity index (χ4n) is 4.07. The Bertz CT molecular complexity index is 1410. The number of anilines is 1. The van der Waals surface area contributed by atoms with E-state index in [1.165, 1.54) is 16.2 Å². The summed E-state index contributed by atoms with van der Waals surface area (Å²) in [5, 5.41) is 10.3. The smallest absolute Gasteiger partial charge is 0.297 e. The maximum Gasteiger partial charge on any atom is 0.297 e. The molecule has 4 aromatic rings. The lowest BCUT2D eigenvalue weighted by Gasteiger charge is -2.22. The third-order valence-electron chi connectivity index (χ3n) is 5.87. The van der Waals surface area contributed by atoms with Gasteiger partial charge in [-0.25, -0.2) is 0 Å². The normalized spacial score (nSPS) is 15.4. The topological polar surface area (TPSA) is 85.5 Å². The summed E-state index contributed by atoms with van der Waals surface area (Å²) in [6.45, 7) is 6.81. The molecule has 0 saturated carbocycles. The van der Waals surface area contributed by atoms with Crippen molar-refractivity contribution in [3.63, 3.8) is 0 Å². The van der Waals surface area contributed by atoms with E-state index in [1.54, 1.807) is 24.3 Å². The molecule has 0 aliphatic carbocycles. The largest absolute Gasteiger partial charge is 0.494 e. The van der Waals surface area contributed by atoms with Gasteiger partial charge in [0.25, 0.3) is 5.91 Å². The molecule has 2 aromatic heterocycles. The molecule has 0 bridgehead atoms. The van der Waals surface area contributed by atoms with Gasteiger partial charge in [0.1, 0.15) is 16.3 Å². The molecule has 8 heteroatoms. The average molecular weight is 476 g/mol. The molecule has 1 atom stereocenters. The van der Waals surface area contributed by atoms with E-state index in [2.05, 4.69) is 17.1 Å². The van der Waals surface area contributed by atoms with E-state index in [-0.39, 0.29) is 17.1 Å². The van der Waals surface area contributed by atoms with Gasteiger partial charge in [-0.05, 0) is 36.2 Å². The maximum atomic E-state index is 13.6. The van der Waals surface area contributed by atoms with Crippen molar-refractivity contribution < 1.29 is 13.9 Å². The Balaban J connectivity index is 1.65. The summed E-state index contributed by atoms with van der Waals surface area (Å²) in [6, 6.07) is 13.8. The highest BCUT2D eigenvalue weighted by Crippen LogP contribution is 2.43. The molecule has 2 aromatic carbocycles. The highest BCUT2D eigenvalue weighted by atomic mass is 32.1. The molecule has 0 spiro atoms. The first-order chi connectivity index (χ1) is 16.5. The van der Waals surface area contributed by atoms with Crippen molar-refractivity contribution in [2.24, 2.45) is 0 Å². The van der Waals surface area contributed by atoms with Gasteiger partial charge < -0.3 is 9.15 Å².